The number of anilines is 1. The lowest BCUT2D eigenvalue weighted by Gasteiger charge is -2.37. The molecule has 2 aliphatic rings. The molecule has 1 aromatic carbocycles. The van der Waals surface area contributed by atoms with Crippen molar-refractivity contribution < 1.29 is 24.2 Å². The standard InChI is InChI=1S/C24H30N4O5/c1-28(2)13-23(31)27-15-6-7-20-18(9-15)19-10-17(32-21(14-29)24(19)33-20)11-22(30)26-12-16-5-3-4-8-25-16/h3-9,17,19,21,24,29H,10-14H2,1-2H3,(H,26,30)(H,27,31)/t17-,19-,21+,24+/m0/s1. The number of carbonyl (C=O) groups is 2. The first-order valence-corrected chi connectivity index (χ1v) is 11.1. The van der Waals surface area contributed by atoms with Crippen molar-refractivity contribution in [1.29, 1.82) is 0 Å². The zero-order valence-electron chi connectivity index (χ0n) is 18.9. The van der Waals surface area contributed by atoms with E-state index >= 15 is 0 Å². The highest BCUT2D eigenvalue weighted by Gasteiger charge is 2.46. The van der Waals surface area contributed by atoms with Crippen LogP contribution in [-0.2, 0) is 20.9 Å². The zero-order valence-corrected chi connectivity index (χ0v) is 18.9. The lowest BCUT2D eigenvalue weighted by atomic mass is 9.84. The molecule has 9 heteroatoms. The first-order valence-electron chi connectivity index (χ1n) is 11.1. The van der Waals surface area contributed by atoms with E-state index in [2.05, 4.69) is 15.6 Å². The van der Waals surface area contributed by atoms with Gasteiger partial charge in [0, 0.05) is 23.4 Å². The van der Waals surface area contributed by atoms with Crippen LogP contribution in [0.25, 0.3) is 0 Å². The molecular formula is C24H30N4O5. The van der Waals surface area contributed by atoms with Gasteiger partial charge in [0.05, 0.1) is 37.9 Å². The van der Waals surface area contributed by atoms with Crippen LogP contribution < -0.4 is 15.4 Å². The average Bonchev–Trinajstić information content (AvgIpc) is 3.15. The Hall–Kier alpha value is -3.01. The molecule has 176 valence electrons. The largest absolute Gasteiger partial charge is 0.487 e. The van der Waals surface area contributed by atoms with Gasteiger partial charge in [0.25, 0.3) is 0 Å². The fraction of sp³-hybridized carbons (Fsp3) is 0.458. The Kier molecular flexibility index (Phi) is 7.22. The van der Waals surface area contributed by atoms with Crippen LogP contribution in [-0.4, -0.2) is 72.4 Å². The van der Waals surface area contributed by atoms with Crippen molar-refractivity contribution in [2.24, 2.45) is 0 Å². The molecule has 4 atom stereocenters. The molecule has 1 saturated heterocycles. The number of nitrogens with zero attached hydrogens (tertiary/aromatic N) is 2. The van der Waals surface area contributed by atoms with Crippen molar-refractivity contribution in [3.63, 3.8) is 0 Å². The van der Waals surface area contributed by atoms with Crippen LogP contribution in [0.5, 0.6) is 5.75 Å². The number of aliphatic hydroxyl groups is 1. The summed E-state index contributed by atoms with van der Waals surface area (Å²) in [6, 6.07) is 11.1. The minimum absolute atomic E-state index is 0.0369. The molecule has 33 heavy (non-hydrogen) atoms. The molecule has 0 unspecified atom stereocenters. The molecule has 0 saturated carbocycles. The summed E-state index contributed by atoms with van der Waals surface area (Å²) >= 11 is 0. The Morgan fingerprint density at radius 3 is 2.79 bits per heavy atom. The number of aliphatic hydroxyl groups excluding tert-OH is 1. The van der Waals surface area contributed by atoms with Gasteiger partial charge < -0.3 is 30.1 Å². The number of nitrogens with one attached hydrogen (secondary N) is 2. The first kappa shape index (κ1) is 23.2. The van der Waals surface area contributed by atoms with Crippen LogP contribution >= 0.6 is 0 Å². The van der Waals surface area contributed by atoms with E-state index in [0.29, 0.717) is 18.7 Å². The van der Waals surface area contributed by atoms with Gasteiger partial charge in [0.1, 0.15) is 18.0 Å². The summed E-state index contributed by atoms with van der Waals surface area (Å²) < 4.78 is 12.1. The maximum absolute atomic E-state index is 12.5. The molecule has 3 N–H and O–H groups in total. The number of benzene rings is 1. The summed E-state index contributed by atoms with van der Waals surface area (Å²) in [5.41, 5.74) is 2.44. The number of aromatic nitrogens is 1. The van der Waals surface area contributed by atoms with Crippen LogP contribution in [0.4, 0.5) is 5.69 Å². The first-order chi connectivity index (χ1) is 15.9. The molecule has 2 amide bonds. The Morgan fingerprint density at radius 2 is 2.06 bits per heavy atom. The molecule has 1 aromatic heterocycles. The van der Waals surface area contributed by atoms with E-state index in [1.54, 1.807) is 17.2 Å². The number of pyridine rings is 1. The number of fused-ring (bicyclic) bond motifs is 3. The molecular weight excluding hydrogens is 424 g/mol. The molecule has 2 aromatic rings. The van der Waals surface area contributed by atoms with Crippen LogP contribution in [0.15, 0.2) is 42.6 Å². The van der Waals surface area contributed by atoms with Crippen molar-refractivity contribution in [2.75, 3.05) is 32.6 Å². The third-order valence-electron chi connectivity index (χ3n) is 5.85. The summed E-state index contributed by atoms with van der Waals surface area (Å²) in [5, 5.41) is 15.7. The highest BCUT2D eigenvalue weighted by Crippen LogP contribution is 2.47. The van der Waals surface area contributed by atoms with Crippen molar-refractivity contribution in [3.05, 3.63) is 53.9 Å². The summed E-state index contributed by atoms with van der Waals surface area (Å²) in [6.07, 6.45) is 1.24. The van der Waals surface area contributed by atoms with Gasteiger partial charge in [-0.3, -0.25) is 14.6 Å². The van der Waals surface area contributed by atoms with Gasteiger partial charge in [0.15, 0.2) is 0 Å². The van der Waals surface area contributed by atoms with E-state index in [4.69, 9.17) is 9.47 Å². The van der Waals surface area contributed by atoms with Gasteiger partial charge in [-0.1, -0.05) is 6.07 Å². The van der Waals surface area contributed by atoms with Gasteiger partial charge in [0.2, 0.25) is 11.8 Å². The number of likely N-dealkylation sites (N-methyl/N-ethyl adjacent to an activating group) is 1. The van der Waals surface area contributed by atoms with Crippen LogP contribution in [0, 0.1) is 0 Å². The Labute approximate surface area is 193 Å². The van der Waals surface area contributed by atoms with E-state index in [-0.39, 0.29) is 49.5 Å². The van der Waals surface area contributed by atoms with E-state index in [9.17, 15) is 14.7 Å². The number of ether oxygens (including phenoxy) is 2. The van der Waals surface area contributed by atoms with Crippen molar-refractivity contribution in [1.82, 2.24) is 15.2 Å². The molecule has 4 rings (SSSR count). The van der Waals surface area contributed by atoms with Gasteiger partial charge in [-0.25, -0.2) is 0 Å². The number of carbonyl (C=O) groups excluding carboxylic acids is 2. The highest BCUT2D eigenvalue weighted by molar-refractivity contribution is 5.92. The normalized spacial score (nSPS) is 23.4. The zero-order chi connectivity index (χ0) is 23.4. The smallest absolute Gasteiger partial charge is 0.238 e. The van der Waals surface area contributed by atoms with E-state index < -0.39 is 6.10 Å². The third-order valence-corrected chi connectivity index (χ3v) is 5.85. The van der Waals surface area contributed by atoms with Crippen LogP contribution in [0.2, 0.25) is 0 Å². The maximum atomic E-state index is 12.5. The topological polar surface area (TPSA) is 113 Å². The lowest BCUT2D eigenvalue weighted by molar-refractivity contribution is -0.142. The molecule has 0 radical (unpaired) electrons. The fourth-order valence-electron chi connectivity index (χ4n) is 4.43. The van der Waals surface area contributed by atoms with Crippen molar-refractivity contribution in [3.8, 4) is 5.75 Å². The SMILES string of the molecule is CN(C)CC(=O)Nc1ccc2c(c1)[C@@H]1C[C@@H](CC(=O)NCc3ccccn3)O[C@H](CO)[C@@H]1O2. The molecule has 0 spiro atoms. The summed E-state index contributed by atoms with van der Waals surface area (Å²) in [7, 11) is 3.68. The minimum Gasteiger partial charge on any atom is -0.487 e. The molecule has 9 nitrogen and oxygen atoms in total. The van der Waals surface area contributed by atoms with Gasteiger partial charge in [-0.05, 0) is 50.8 Å². The minimum atomic E-state index is -0.531. The number of rotatable bonds is 8. The second-order valence-corrected chi connectivity index (χ2v) is 8.74. The van der Waals surface area contributed by atoms with Crippen LogP contribution in [0.1, 0.15) is 30.0 Å². The Bertz CT molecular complexity index is 984. The molecule has 2 aliphatic heterocycles. The van der Waals surface area contributed by atoms with Crippen LogP contribution in [0.3, 0.4) is 0 Å². The number of hydrogen-bond donors (Lipinski definition) is 3. The monoisotopic (exact) mass is 454 g/mol. The lowest BCUT2D eigenvalue weighted by Crippen LogP contribution is -2.47. The predicted octanol–water partition coefficient (Wildman–Crippen LogP) is 1.28. The fourth-order valence-corrected chi connectivity index (χ4v) is 4.43. The predicted molar refractivity (Wildman–Crippen MR) is 122 cm³/mol. The van der Waals surface area contributed by atoms with Crippen molar-refractivity contribution >= 4 is 17.5 Å². The Balaban J connectivity index is 1.42. The van der Waals surface area contributed by atoms with E-state index in [0.717, 1.165) is 17.0 Å². The van der Waals surface area contributed by atoms with E-state index in [1.807, 2.05) is 44.4 Å². The second kappa shape index (κ2) is 10.3. The third kappa shape index (κ3) is 5.68. The molecule has 0 aliphatic carbocycles. The van der Waals surface area contributed by atoms with Gasteiger partial charge in [-0.2, -0.15) is 0 Å². The molecule has 0 bridgehead atoms. The number of amides is 2. The summed E-state index contributed by atoms with van der Waals surface area (Å²) in [4.78, 5) is 30.7. The van der Waals surface area contributed by atoms with E-state index in [1.165, 1.54) is 0 Å². The van der Waals surface area contributed by atoms with Gasteiger partial charge >= 0.3 is 0 Å². The quantitative estimate of drug-likeness (QED) is 0.551. The number of hydrogen-bond acceptors (Lipinski definition) is 7. The highest BCUT2D eigenvalue weighted by atomic mass is 16.6. The summed E-state index contributed by atoms with van der Waals surface area (Å²) in [6.45, 7) is 0.438. The second-order valence-electron chi connectivity index (χ2n) is 8.74. The maximum Gasteiger partial charge on any atom is 0.238 e. The van der Waals surface area contributed by atoms with Gasteiger partial charge in [-0.15, -0.1) is 0 Å². The molecule has 1 fully saturated rings. The average molecular weight is 455 g/mol. The van der Waals surface area contributed by atoms with Crippen molar-refractivity contribution in [2.45, 2.75) is 43.6 Å². The Morgan fingerprint density at radius 1 is 1.21 bits per heavy atom. The summed E-state index contributed by atoms with van der Waals surface area (Å²) in [5.74, 6) is 0.450. The molecule has 3 heterocycles.